The quantitative estimate of drug-likeness (QED) is 0.457. The van der Waals surface area contributed by atoms with E-state index in [1.54, 1.807) is 48.5 Å². The van der Waals surface area contributed by atoms with E-state index < -0.39 is 15.9 Å². The zero-order chi connectivity index (χ0) is 23.1. The van der Waals surface area contributed by atoms with Gasteiger partial charge in [-0.25, -0.2) is 12.8 Å². The third-order valence-corrected chi connectivity index (χ3v) is 6.15. The lowest BCUT2D eigenvalue weighted by atomic mass is 10.2. The third kappa shape index (κ3) is 7.06. The maximum Gasteiger partial charge on any atom is 0.241 e. The third-order valence-electron chi connectivity index (χ3n) is 4.52. The molecule has 0 aromatic heterocycles. The maximum atomic E-state index is 12.9. The lowest BCUT2D eigenvalue weighted by molar-refractivity contribution is -0.119. The fraction of sp³-hybridized carbons (Fsp3) is 0.174. The van der Waals surface area contributed by atoms with Crippen LogP contribution < -0.4 is 14.4 Å². The molecular weight excluding hydrogens is 499 g/mol. The molecule has 32 heavy (non-hydrogen) atoms. The van der Waals surface area contributed by atoms with Crippen molar-refractivity contribution in [3.63, 3.8) is 0 Å². The zero-order valence-electron chi connectivity index (χ0n) is 17.3. The van der Waals surface area contributed by atoms with Gasteiger partial charge in [-0.3, -0.25) is 9.10 Å². The summed E-state index contributed by atoms with van der Waals surface area (Å²) in [4.78, 5) is 12.4. The summed E-state index contributed by atoms with van der Waals surface area (Å²) in [5.41, 5.74) is 2.09. The Hall–Kier alpha value is -2.91. The fourth-order valence-corrected chi connectivity index (χ4v) is 4.10. The maximum absolute atomic E-state index is 12.9. The monoisotopic (exact) mass is 520 g/mol. The molecule has 0 saturated heterocycles. The molecule has 0 atom stereocenters. The van der Waals surface area contributed by atoms with Crippen LogP contribution in [0.15, 0.2) is 77.3 Å². The van der Waals surface area contributed by atoms with Gasteiger partial charge in [0.25, 0.3) is 0 Å². The fourth-order valence-electron chi connectivity index (χ4n) is 2.87. The molecule has 0 aliphatic heterocycles. The van der Waals surface area contributed by atoms with E-state index in [1.807, 2.05) is 12.1 Å². The van der Waals surface area contributed by atoms with E-state index >= 15 is 0 Å². The molecule has 9 heteroatoms. The number of carbonyl (C=O) groups is 1. The van der Waals surface area contributed by atoms with Gasteiger partial charge in [0.1, 0.15) is 24.7 Å². The molecule has 0 bridgehead atoms. The number of benzene rings is 3. The SMILES string of the molecule is CS(=O)(=O)N(CC(=O)NCc1ccc(OCc2ccc(F)cc2)cc1)c1cccc(Br)c1. The summed E-state index contributed by atoms with van der Waals surface area (Å²) in [6, 6.07) is 20.0. The number of hydrogen-bond acceptors (Lipinski definition) is 4. The van der Waals surface area contributed by atoms with Crippen molar-refractivity contribution < 1.29 is 22.3 Å². The van der Waals surface area contributed by atoms with Crippen molar-refractivity contribution in [2.24, 2.45) is 0 Å². The molecule has 1 N–H and O–H groups in total. The largest absolute Gasteiger partial charge is 0.489 e. The minimum Gasteiger partial charge on any atom is -0.489 e. The minimum absolute atomic E-state index is 0.243. The van der Waals surface area contributed by atoms with Crippen molar-refractivity contribution >= 4 is 37.5 Å². The Kier molecular flexibility index (Phi) is 7.87. The number of halogens is 2. The molecule has 0 aliphatic rings. The van der Waals surface area contributed by atoms with Crippen molar-refractivity contribution in [3.05, 3.63) is 94.2 Å². The van der Waals surface area contributed by atoms with Crippen molar-refractivity contribution in [2.45, 2.75) is 13.2 Å². The van der Waals surface area contributed by atoms with Crippen LogP contribution in [0.25, 0.3) is 0 Å². The van der Waals surface area contributed by atoms with E-state index in [4.69, 9.17) is 4.74 Å². The number of ether oxygens (including phenoxy) is 1. The van der Waals surface area contributed by atoms with Crippen molar-refractivity contribution in [2.75, 3.05) is 17.1 Å². The highest BCUT2D eigenvalue weighted by Gasteiger charge is 2.20. The van der Waals surface area contributed by atoms with Gasteiger partial charge < -0.3 is 10.1 Å². The normalized spacial score (nSPS) is 11.1. The summed E-state index contributed by atoms with van der Waals surface area (Å²) in [6.45, 7) is 0.231. The number of nitrogens with zero attached hydrogens (tertiary/aromatic N) is 1. The molecule has 3 aromatic rings. The van der Waals surface area contributed by atoms with Gasteiger partial charge in [-0.2, -0.15) is 0 Å². The number of hydrogen-bond donors (Lipinski definition) is 1. The van der Waals surface area contributed by atoms with Crippen molar-refractivity contribution in [1.29, 1.82) is 0 Å². The first-order valence-electron chi connectivity index (χ1n) is 9.67. The number of sulfonamides is 1. The zero-order valence-corrected chi connectivity index (χ0v) is 19.7. The van der Waals surface area contributed by atoms with E-state index in [1.165, 1.54) is 12.1 Å². The Morgan fingerprint density at radius 1 is 1.03 bits per heavy atom. The molecule has 0 aliphatic carbocycles. The lowest BCUT2D eigenvalue weighted by Crippen LogP contribution is -2.40. The summed E-state index contributed by atoms with van der Waals surface area (Å²) in [5.74, 6) is -0.0780. The van der Waals surface area contributed by atoms with E-state index in [0.717, 1.165) is 21.7 Å². The van der Waals surface area contributed by atoms with Crippen LogP contribution in [0.1, 0.15) is 11.1 Å². The first kappa shape index (κ1) is 23.7. The van der Waals surface area contributed by atoms with Crippen LogP contribution in [-0.2, 0) is 28.0 Å². The van der Waals surface area contributed by atoms with Crippen LogP contribution in [0.5, 0.6) is 5.75 Å². The van der Waals surface area contributed by atoms with Gasteiger partial charge >= 0.3 is 0 Å². The molecule has 0 heterocycles. The number of carbonyl (C=O) groups excluding carboxylic acids is 1. The molecule has 6 nitrogen and oxygen atoms in total. The van der Waals surface area contributed by atoms with Crippen molar-refractivity contribution in [1.82, 2.24) is 5.32 Å². The van der Waals surface area contributed by atoms with Crippen LogP contribution in [-0.4, -0.2) is 27.1 Å². The molecule has 0 unspecified atom stereocenters. The van der Waals surface area contributed by atoms with E-state index in [2.05, 4.69) is 21.2 Å². The van der Waals surface area contributed by atoms with Gasteiger partial charge in [-0.05, 0) is 53.6 Å². The molecule has 3 aromatic carbocycles. The standard InChI is InChI=1S/C23H22BrFN2O4S/c1-32(29,30)27(21-4-2-3-19(24)13-21)15-23(28)26-14-17-7-11-22(12-8-17)31-16-18-5-9-20(25)10-6-18/h2-13H,14-16H2,1H3,(H,26,28). The summed E-state index contributed by atoms with van der Waals surface area (Å²) in [5, 5.41) is 2.74. The molecule has 0 saturated carbocycles. The second-order valence-electron chi connectivity index (χ2n) is 7.09. The van der Waals surface area contributed by atoms with Gasteiger partial charge in [0.2, 0.25) is 15.9 Å². The molecule has 0 radical (unpaired) electrons. The van der Waals surface area contributed by atoms with E-state index in [9.17, 15) is 17.6 Å². The molecule has 0 fully saturated rings. The van der Waals surface area contributed by atoms with Crippen LogP contribution in [0.3, 0.4) is 0 Å². The average molecular weight is 521 g/mol. The lowest BCUT2D eigenvalue weighted by Gasteiger charge is -2.22. The van der Waals surface area contributed by atoms with Gasteiger partial charge in [-0.15, -0.1) is 0 Å². The Labute approximate surface area is 195 Å². The van der Waals surface area contributed by atoms with Gasteiger partial charge in [0.15, 0.2) is 0 Å². The first-order valence-corrected chi connectivity index (χ1v) is 12.3. The predicted molar refractivity (Wildman–Crippen MR) is 125 cm³/mol. The second kappa shape index (κ2) is 10.6. The Morgan fingerprint density at radius 3 is 2.31 bits per heavy atom. The van der Waals surface area contributed by atoms with Gasteiger partial charge in [0, 0.05) is 11.0 Å². The van der Waals surface area contributed by atoms with Crippen LogP contribution in [0.4, 0.5) is 10.1 Å². The average Bonchev–Trinajstić information content (AvgIpc) is 2.75. The summed E-state index contributed by atoms with van der Waals surface area (Å²) >= 11 is 3.31. The highest BCUT2D eigenvalue weighted by Crippen LogP contribution is 2.22. The first-order chi connectivity index (χ1) is 15.2. The topological polar surface area (TPSA) is 75.7 Å². The predicted octanol–water partition coefficient (Wildman–Crippen LogP) is 4.25. The Bertz CT molecular complexity index is 1170. The minimum atomic E-state index is -3.64. The molecular formula is C23H22BrFN2O4S. The van der Waals surface area contributed by atoms with Gasteiger partial charge in [0.05, 0.1) is 11.9 Å². The van der Waals surface area contributed by atoms with Crippen LogP contribution in [0.2, 0.25) is 0 Å². The highest BCUT2D eigenvalue weighted by atomic mass is 79.9. The molecule has 1 amide bonds. The summed E-state index contributed by atoms with van der Waals surface area (Å²) < 4.78 is 44.7. The molecule has 0 spiro atoms. The Morgan fingerprint density at radius 2 is 1.69 bits per heavy atom. The number of nitrogens with one attached hydrogen (secondary N) is 1. The van der Waals surface area contributed by atoms with Crippen LogP contribution >= 0.6 is 15.9 Å². The Balaban J connectivity index is 1.54. The van der Waals surface area contributed by atoms with E-state index in [-0.39, 0.29) is 18.9 Å². The smallest absolute Gasteiger partial charge is 0.241 e. The number of rotatable bonds is 9. The second-order valence-corrected chi connectivity index (χ2v) is 9.91. The molecule has 168 valence electrons. The summed E-state index contributed by atoms with van der Waals surface area (Å²) in [6.07, 6.45) is 1.06. The van der Waals surface area contributed by atoms with Crippen LogP contribution in [0, 0.1) is 5.82 Å². The number of anilines is 1. The van der Waals surface area contributed by atoms with E-state index in [0.29, 0.717) is 22.5 Å². The highest BCUT2D eigenvalue weighted by molar-refractivity contribution is 9.10. The van der Waals surface area contributed by atoms with Crippen molar-refractivity contribution in [3.8, 4) is 5.75 Å². The molecule has 3 rings (SSSR count). The van der Waals surface area contributed by atoms with Gasteiger partial charge in [-0.1, -0.05) is 46.3 Å². The summed E-state index contributed by atoms with van der Waals surface area (Å²) in [7, 11) is -3.64. The number of amides is 1.